The summed E-state index contributed by atoms with van der Waals surface area (Å²) in [6, 6.07) is 18.0. The highest BCUT2D eigenvalue weighted by Gasteiger charge is 2.06. The van der Waals surface area contributed by atoms with Crippen molar-refractivity contribution in [3.63, 3.8) is 0 Å². The normalized spacial score (nSPS) is 10.5. The van der Waals surface area contributed by atoms with Gasteiger partial charge in [0.2, 0.25) is 0 Å². The first-order chi connectivity index (χ1) is 8.84. The van der Waals surface area contributed by atoms with Crippen LogP contribution >= 0.6 is 0 Å². The van der Waals surface area contributed by atoms with Crippen molar-refractivity contribution in [2.45, 2.75) is 0 Å². The van der Waals surface area contributed by atoms with E-state index in [9.17, 15) is 0 Å². The number of hydrogen-bond acceptors (Lipinski definition) is 3. The van der Waals surface area contributed by atoms with Crippen molar-refractivity contribution in [2.24, 2.45) is 0 Å². The minimum atomic E-state index is 0.847. The molecule has 0 radical (unpaired) electrons. The molecule has 3 rings (SSSR count). The van der Waals surface area contributed by atoms with Crippen molar-refractivity contribution in [1.82, 2.24) is 9.97 Å². The second-order valence-electron chi connectivity index (χ2n) is 4.11. The molecule has 0 saturated heterocycles. The van der Waals surface area contributed by atoms with Crippen LogP contribution in [0.3, 0.4) is 0 Å². The number of hydrogen-bond donors (Lipinski definition) is 0. The van der Waals surface area contributed by atoms with Gasteiger partial charge in [0.1, 0.15) is 0 Å². The maximum absolute atomic E-state index is 4.61. The summed E-state index contributed by atoms with van der Waals surface area (Å²) in [5.74, 6) is 0.847. The number of nitrogens with zero attached hydrogens (tertiary/aromatic N) is 3. The van der Waals surface area contributed by atoms with E-state index in [1.807, 2.05) is 54.4 Å². The van der Waals surface area contributed by atoms with Crippen LogP contribution in [0.15, 0.2) is 60.8 Å². The highest BCUT2D eigenvalue weighted by molar-refractivity contribution is 5.76. The Morgan fingerprint density at radius 3 is 2.28 bits per heavy atom. The molecule has 2 aromatic carbocycles. The molecule has 0 unspecified atom stereocenters. The highest BCUT2D eigenvalue weighted by atomic mass is 15.2. The van der Waals surface area contributed by atoms with E-state index in [0.29, 0.717) is 0 Å². The lowest BCUT2D eigenvalue weighted by Crippen LogP contribution is -2.11. The van der Waals surface area contributed by atoms with Crippen LogP contribution in [0.5, 0.6) is 0 Å². The van der Waals surface area contributed by atoms with Gasteiger partial charge in [-0.2, -0.15) is 0 Å². The quantitative estimate of drug-likeness (QED) is 0.681. The van der Waals surface area contributed by atoms with Gasteiger partial charge in [-0.25, -0.2) is 4.98 Å². The third-order valence-corrected chi connectivity index (χ3v) is 2.92. The van der Waals surface area contributed by atoms with Crippen LogP contribution in [0.2, 0.25) is 0 Å². The Morgan fingerprint density at radius 1 is 0.833 bits per heavy atom. The third kappa shape index (κ3) is 1.91. The number of fused-ring (bicyclic) bond motifs is 1. The summed E-state index contributed by atoms with van der Waals surface area (Å²) in [5, 5.41) is 0. The molecule has 0 amide bonds. The molecule has 1 heterocycles. The number of rotatable bonds is 2. The van der Waals surface area contributed by atoms with Crippen molar-refractivity contribution in [3.8, 4) is 0 Å². The van der Waals surface area contributed by atoms with E-state index in [4.69, 9.17) is 0 Å². The van der Waals surface area contributed by atoms with Gasteiger partial charge in [0.05, 0.1) is 17.2 Å². The molecule has 0 atom stereocenters. The van der Waals surface area contributed by atoms with E-state index in [-0.39, 0.29) is 0 Å². The van der Waals surface area contributed by atoms with E-state index in [1.54, 1.807) is 6.20 Å². The van der Waals surface area contributed by atoms with Gasteiger partial charge < -0.3 is 4.90 Å². The van der Waals surface area contributed by atoms with E-state index < -0.39 is 0 Å². The molecule has 0 fully saturated rings. The van der Waals surface area contributed by atoms with Crippen LogP contribution in [0.4, 0.5) is 11.5 Å². The maximum atomic E-state index is 4.61. The highest BCUT2D eigenvalue weighted by Crippen LogP contribution is 2.21. The molecule has 1 aromatic heterocycles. The standard InChI is InChI=1S/C15H13N3/c1-18(12-7-3-2-4-8-12)15-11-16-13-9-5-6-10-14(13)17-15/h2-11H,1H3. The zero-order valence-corrected chi connectivity index (χ0v) is 10.1. The van der Waals surface area contributed by atoms with Crippen molar-refractivity contribution >= 4 is 22.5 Å². The monoisotopic (exact) mass is 235 g/mol. The summed E-state index contributed by atoms with van der Waals surface area (Å²) >= 11 is 0. The lowest BCUT2D eigenvalue weighted by Gasteiger charge is -2.17. The van der Waals surface area contributed by atoms with E-state index >= 15 is 0 Å². The second-order valence-corrected chi connectivity index (χ2v) is 4.11. The second kappa shape index (κ2) is 4.45. The molecule has 3 heteroatoms. The SMILES string of the molecule is CN(c1ccccc1)c1cnc2ccccc2n1. The molecule has 3 nitrogen and oxygen atoms in total. The average Bonchev–Trinajstić information content (AvgIpc) is 2.47. The van der Waals surface area contributed by atoms with Crippen LogP contribution < -0.4 is 4.90 Å². The van der Waals surface area contributed by atoms with Crippen molar-refractivity contribution < 1.29 is 0 Å². The predicted molar refractivity (Wildman–Crippen MR) is 74.0 cm³/mol. The molecular formula is C15H13N3. The molecule has 0 N–H and O–H groups in total. The molecular weight excluding hydrogens is 222 g/mol. The average molecular weight is 235 g/mol. The van der Waals surface area contributed by atoms with Crippen LogP contribution in [0.1, 0.15) is 0 Å². The first kappa shape index (κ1) is 10.7. The van der Waals surface area contributed by atoms with Crippen molar-refractivity contribution in [2.75, 3.05) is 11.9 Å². The van der Waals surface area contributed by atoms with Gasteiger partial charge in [-0.15, -0.1) is 0 Å². The number of aromatic nitrogens is 2. The van der Waals surface area contributed by atoms with Gasteiger partial charge in [-0.1, -0.05) is 30.3 Å². The minimum absolute atomic E-state index is 0.847. The number of benzene rings is 2. The van der Waals surface area contributed by atoms with Gasteiger partial charge in [0, 0.05) is 12.7 Å². The van der Waals surface area contributed by atoms with Crippen molar-refractivity contribution in [3.05, 3.63) is 60.8 Å². The largest absolute Gasteiger partial charge is 0.328 e. The molecule has 0 aliphatic rings. The van der Waals surface area contributed by atoms with E-state index in [2.05, 4.69) is 22.1 Å². The predicted octanol–water partition coefficient (Wildman–Crippen LogP) is 3.40. The summed E-state index contributed by atoms with van der Waals surface area (Å²) in [5.41, 5.74) is 2.93. The molecule has 0 aliphatic heterocycles. The van der Waals surface area contributed by atoms with Crippen LogP contribution in [0, 0.1) is 0 Å². The molecule has 0 saturated carbocycles. The van der Waals surface area contributed by atoms with Crippen LogP contribution in [-0.4, -0.2) is 17.0 Å². The Bertz CT molecular complexity index is 665. The fourth-order valence-corrected chi connectivity index (χ4v) is 1.89. The molecule has 0 bridgehead atoms. The number of anilines is 2. The third-order valence-electron chi connectivity index (χ3n) is 2.92. The zero-order valence-electron chi connectivity index (χ0n) is 10.1. The summed E-state index contributed by atoms with van der Waals surface area (Å²) in [4.78, 5) is 11.1. The zero-order chi connectivity index (χ0) is 12.4. The van der Waals surface area contributed by atoms with Gasteiger partial charge in [-0.05, 0) is 24.3 Å². The lowest BCUT2D eigenvalue weighted by atomic mass is 10.3. The Kier molecular flexibility index (Phi) is 2.65. The Balaban J connectivity index is 2.04. The molecule has 3 aromatic rings. The fraction of sp³-hybridized carbons (Fsp3) is 0.0667. The minimum Gasteiger partial charge on any atom is -0.328 e. The summed E-state index contributed by atoms with van der Waals surface area (Å²) < 4.78 is 0. The Labute approximate surface area is 106 Å². The summed E-state index contributed by atoms with van der Waals surface area (Å²) in [6.07, 6.45) is 1.80. The molecule has 88 valence electrons. The van der Waals surface area contributed by atoms with E-state index in [0.717, 1.165) is 22.5 Å². The molecule has 0 spiro atoms. The first-order valence-corrected chi connectivity index (χ1v) is 5.85. The summed E-state index contributed by atoms with van der Waals surface area (Å²) in [7, 11) is 1.99. The Morgan fingerprint density at radius 2 is 1.50 bits per heavy atom. The molecule has 0 aliphatic carbocycles. The van der Waals surface area contributed by atoms with Gasteiger partial charge >= 0.3 is 0 Å². The Hall–Kier alpha value is -2.42. The summed E-state index contributed by atoms with van der Waals surface area (Å²) in [6.45, 7) is 0. The molecule has 18 heavy (non-hydrogen) atoms. The van der Waals surface area contributed by atoms with Gasteiger partial charge in [0.25, 0.3) is 0 Å². The van der Waals surface area contributed by atoms with Gasteiger partial charge in [0.15, 0.2) is 5.82 Å². The smallest absolute Gasteiger partial charge is 0.152 e. The van der Waals surface area contributed by atoms with Gasteiger partial charge in [-0.3, -0.25) is 4.98 Å². The topological polar surface area (TPSA) is 29.0 Å². The van der Waals surface area contributed by atoms with Crippen LogP contribution in [0.25, 0.3) is 11.0 Å². The van der Waals surface area contributed by atoms with Crippen LogP contribution in [-0.2, 0) is 0 Å². The first-order valence-electron chi connectivity index (χ1n) is 5.85. The van der Waals surface area contributed by atoms with Crippen molar-refractivity contribution in [1.29, 1.82) is 0 Å². The fourth-order valence-electron chi connectivity index (χ4n) is 1.89. The maximum Gasteiger partial charge on any atom is 0.152 e. The number of para-hydroxylation sites is 3. The lowest BCUT2D eigenvalue weighted by molar-refractivity contribution is 1.12. The van der Waals surface area contributed by atoms with E-state index in [1.165, 1.54) is 0 Å².